The van der Waals surface area contributed by atoms with Crippen molar-refractivity contribution in [2.45, 2.75) is 72.8 Å². The zero-order valence-corrected chi connectivity index (χ0v) is 17.5. The predicted octanol–water partition coefficient (Wildman–Crippen LogP) is 6.37. The van der Waals surface area contributed by atoms with Crippen molar-refractivity contribution in [3.8, 4) is 5.75 Å². The van der Waals surface area contributed by atoms with Gasteiger partial charge in [0, 0.05) is 5.56 Å². The van der Waals surface area contributed by atoms with Gasteiger partial charge in [0.05, 0.1) is 0 Å². The molecular weight excluding hydrogens is 320 g/mol. The van der Waals surface area contributed by atoms with Crippen LogP contribution in [0.2, 0.25) is 0 Å². The van der Waals surface area contributed by atoms with E-state index in [1.54, 1.807) is 6.92 Å². The molecule has 0 unspecified atom stereocenters. The Kier molecular flexibility index (Phi) is 5.65. The standard InChI is InChI=1S/C24H32O2/c1-16-9-10-19(17(2)25)13-22(16)26-15-18-11-20(23(3,4)5)14-21(12-18)24(6,7)8/h9-14H,15H2,1-8H3. The minimum atomic E-state index is 0.0552. The number of benzene rings is 2. The van der Waals surface area contributed by atoms with E-state index in [0.29, 0.717) is 12.2 Å². The lowest BCUT2D eigenvalue weighted by Crippen LogP contribution is -2.17. The fraction of sp³-hybridized carbons (Fsp3) is 0.458. The van der Waals surface area contributed by atoms with Crippen LogP contribution in [-0.4, -0.2) is 5.78 Å². The molecule has 0 radical (unpaired) electrons. The summed E-state index contributed by atoms with van der Waals surface area (Å²) in [4.78, 5) is 11.6. The minimum absolute atomic E-state index is 0.0552. The van der Waals surface area contributed by atoms with E-state index < -0.39 is 0 Å². The SMILES string of the molecule is CC(=O)c1ccc(C)c(OCc2cc(C(C)(C)C)cc(C(C)(C)C)c2)c1. The van der Waals surface area contributed by atoms with Gasteiger partial charge in [-0.25, -0.2) is 0 Å². The number of Topliss-reactive ketones (excluding diaryl/α,β-unsaturated/α-hetero) is 1. The van der Waals surface area contributed by atoms with Gasteiger partial charge in [0.2, 0.25) is 0 Å². The van der Waals surface area contributed by atoms with Crippen LogP contribution >= 0.6 is 0 Å². The van der Waals surface area contributed by atoms with Crippen molar-refractivity contribution < 1.29 is 9.53 Å². The van der Waals surface area contributed by atoms with Crippen LogP contribution in [-0.2, 0) is 17.4 Å². The molecule has 0 fully saturated rings. The number of ketones is 1. The fourth-order valence-corrected chi connectivity index (χ4v) is 2.78. The molecule has 2 aromatic rings. The topological polar surface area (TPSA) is 26.3 Å². The molecule has 0 aromatic heterocycles. The van der Waals surface area contributed by atoms with E-state index in [-0.39, 0.29) is 16.6 Å². The number of aryl methyl sites for hydroxylation is 1. The highest BCUT2D eigenvalue weighted by Gasteiger charge is 2.20. The molecule has 0 atom stereocenters. The molecule has 0 heterocycles. The summed E-state index contributed by atoms with van der Waals surface area (Å²) >= 11 is 0. The van der Waals surface area contributed by atoms with E-state index >= 15 is 0 Å². The first-order valence-electron chi connectivity index (χ1n) is 9.27. The lowest BCUT2D eigenvalue weighted by molar-refractivity contribution is 0.101. The number of carbonyl (C=O) groups is 1. The number of hydrogen-bond donors (Lipinski definition) is 0. The maximum atomic E-state index is 11.6. The fourth-order valence-electron chi connectivity index (χ4n) is 2.78. The molecule has 0 bridgehead atoms. The third kappa shape index (κ3) is 4.97. The summed E-state index contributed by atoms with van der Waals surface area (Å²) in [5.41, 5.74) is 5.69. The van der Waals surface area contributed by atoms with Crippen LogP contribution in [0.3, 0.4) is 0 Å². The molecule has 2 nitrogen and oxygen atoms in total. The average Bonchev–Trinajstić information content (AvgIpc) is 2.52. The highest BCUT2D eigenvalue weighted by molar-refractivity contribution is 5.94. The molecule has 26 heavy (non-hydrogen) atoms. The first kappa shape index (κ1) is 20.2. The summed E-state index contributed by atoms with van der Waals surface area (Å²) in [6.45, 7) is 17.5. The van der Waals surface area contributed by atoms with Gasteiger partial charge in [-0.3, -0.25) is 4.79 Å². The summed E-state index contributed by atoms with van der Waals surface area (Å²) in [6, 6.07) is 12.4. The smallest absolute Gasteiger partial charge is 0.159 e. The van der Waals surface area contributed by atoms with E-state index in [2.05, 4.69) is 59.7 Å². The Morgan fingerprint density at radius 3 is 1.88 bits per heavy atom. The summed E-state index contributed by atoms with van der Waals surface area (Å²) < 4.78 is 6.10. The van der Waals surface area contributed by atoms with Crippen LogP contribution in [0.25, 0.3) is 0 Å². The highest BCUT2D eigenvalue weighted by atomic mass is 16.5. The van der Waals surface area contributed by atoms with Crippen LogP contribution in [0.4, 0.5) is 0 Å². The maximum Gasteiger partial charge on any atom is 0.159 e. The van der Waals surface area contributed by atoms with Crippen molar-refractivity contribution in [3.05, 3.63) is 64.2 Å². The van der Waals surface area contributed by atoms with Gasteiger partial charge in [0.1, 0.15) is 12.4 Å². The predicted molar refractivity (Wildman–Crippen MR) is 109 cm³/mol. The van der Waals surface area contributed by atoms with Crippen LogP contribution < -0.4 is 4.74 Å². The first-order valence-corrected chi connectivity index (χ1v) is 9.27. The first-order chi connectivity index (χ1) is 11.9. The van der Waals surface area contributed by atoms with Crippen LogP contribution in [0, 0.1) is 6.92 Å². The van der Waals surface area contributed by atoms with Crippen molar-refractivity contribution in [2.24, 2.45) is 0 Å². The minimum Gasteiger partial charge on any atom is -0.489 e. The summed E-state index contributed by atoms with van der Waals surface area (Å²) in [5, 5.41) is 0. The molecule has 0 aliphatic heterocycles. The van der Waals surface area contributed by atoms with Crippen molar-refractivity contribution in [1.82, 2.24) is 0 Å². The Labute approximate surface area is 158 Å². The second kappa shape index (κ2) is 7.26. The van der Waals surface area contributed by atoms with Gasteiger partial charge in [0.15, 0.2) is 5.78 Å². The van der Waals surface area contributed by atoms with Crippen LogP contribution in [0.5, 0.6) is 5.75 Å². The number of rotatable bonds is 4. The Hall–Kier alpha value is -2.09. The normalized spacial score (nSPS) is 12.2. The Morgan fingerprint density at radius 2 is 1.42 bits per heavy atom. The van der Waals surface area contributed by atoms with Crippen LogP contribution in [0.1, 0.15) is 81.1 Å². The average molecular weight is 353 g/mol. The molecule has 2 aromatic carbocycles. The Bertz CT molecular complexity index is 770. The molecule has 2 heteroatoms. The van der Waals surface area contributed by atoms with Gasteiger partial charge in [-0.05, 0) is 53.0 Å². The van der Waals surface area contributed by atoms with Gasteiger partial charge >= 0.3 is 0 Å². The summed E-state index contributed by atoms with van der Waals surface area (Å²) in [5.74, 6) is 0.829. The van der Waals surface area contributed by atoms with E-state index in [0.717, 1.165) is 16.9 Å². The zero-order valence-electron chi connectivity index (χ0n) is 17.5. The Morgan fingerprint density at radius 1 is 0.885 bits per heavy atom. The molecule has 0 aliphatic carbocycles. The van der Waals surface area contributed by atoms with Gasteiger partial charge < -0.3 is 4.74 Å². The summed E-state index contributed by atoms with van der Waals surface area (Å²) in [6.07, 6.45) is 0. The summed E-state index contributed by atoms with van der Waals surface area (Å²) in [7, 11) is 0. The number of carbonyl (C=O) groups excluding carboxylic acids is 1. The second-order valence-electron chi connectivity index (χ2n) is 9.24. The van der Waals surface area contributed by atoms with Gasteiger partial charge in [-0.1, -0.05) is 71.9 Å². The van der Waals surface area contributed by atoms with Crippen molar-refractivity contribution in [2.75, 3.05) is 0 Å². The molecule has 140 valence electrons. The van der Waals surface area contributed by atoms with E-state index in [1.807, 2.05) is 25.1 Å². The third-order valence-electron chi connectivity index (χ3n) is 4.71. The Balaban J connectivity index is 2.35. The quantitative estimate of drug-likeness (QED) is 0.597. The number of ether oxygens (including phenoxy) is 1. The maximum absolute atomic E-state index is 11.6. The monoisotopic (exact) mass is 352 g/mol. The zero-order chi connectivity index (χ0) is 19.7. The third-order valence-corrected chi connectivity index (χ3v) is 4.71. The molecule has 0 spiro atoms. The van der Waals surface area contributed by atoms with Crippen LogP contribution in [0.15, 0.2) is 36.4 Å². The van der Waals surface area contributed by atoms with Gasteiger partial charge in [-0.2, -0.15) is 0 Å². The van der Waals surface area contributed by atoms with Crippen molar-refractivity contribution in [1.29, 1.82) is 0 Å². The molecule has 0 N–H and O–H groups in total. The second-order valence-corrected chi connectivity index (χ2v) is 9.24. The van der Waals surface area contributed by atoms with E-state index in [4.69, 9.17) is 4.74 Å². The lowest BCUT2D eigenvalue weighted by Gasteiger charge is -2.26. The molecule has 0 amide bonds. The van der Waals surface area contributed by atoms with Crippen molar-refractivity contribution >= 4 is 5.78 Å². The van der Waals surface area contributed by atoms with E-state index in [9.17, 15) is 4.79 Å². The highest BCUT2D eigenvalue weighted by Crippen LogP contribution is 2.31. The molecule has 0 aliphatic rings. The molecule has 0 saturated carbocycles. The van der Waals surface area contributed by atoms with Crippen molar-refractivity contribution in [3.63, 3.8) is 0 Å². The molecule has 0 saturated heterocycles. The number of hydrogen-bond acceptors (Lipinski definition) is 2. The molecular formula is C24H32O2. The van der Waals surface area contributed by atoms with Gasteiger partial charge in [0.25, 0.3) is 0 Å². The van der Waals surface area contributed by atoms with Gasteiger partial charge in [-0.15, -0.1) is 0 Å². The van der Waals surface area contributed by atoms with E-state index in [1.165, 1.54) is 11.1 Å². The lowest BCUT2D eigenvalue weighted by atomic mass is 9.79. The molecule has 2 rings (SSSR count). The largest absolute Gasteiger partial charge is 0.489 e.